The highest BCUT2D eigenvalue weighted by Crippen LogP contribution is 2.29. The Morgan fingerprint density at radius 2 is 2.00 bits per heavy atom. The second-order valence-electron chi connectivity index (χ2n) is 4.59. The number of hydrogen-bond donors (Lipinski definition) is 1. The predicted molar refractivity (Wildman–Crippen MR) is 78.9 cm³/mol. The Labute approximate surface area is 116 Å². The van der Waals surface area contributed by atoms with Crippen LogP contribution < -0.4 is 5.32 Å². The third kappa shape index (κ3) is 2.93. The van der Waals surface area contributed by atoms with E-state index in [4.69, 9.17) is 0 Å². The third-order valence-corrected chi connectivity index (χ3v) is 4.30. The van der Waals surface area contributed by atoms with Crippen LogP contribution in [0.5, 0.6) is 0 Å². The molecule has 1 unspecified atom stereocenters. The average Bonchev–Trinajstić information content (AvgIpc) is 2.78. The van der Waals surface area contributed by atoms with Gasteiger partial charge in [0, 0.05) is 22.7 Å². The van der Waals surface area contributed by atoms with Crippen molar-refractivity contribution in [2.45, 2.75) is 26.8 Å². The number of non-ortho nitro benzene ring substituents is 1. The maximum atomic E-state index is 10.8. The van der Waals surface area contributed by atoms with Crippen molar-refractivity contribution in [2.75, 3.05) is 5.32 Å². The van der Waals surface area contributed by atoms with Gasteiger partial charge in [-0.15, -0.1) is 11.3 Å². The Balaban J connectivity index is 2.26. The van der Waals surface area contributed by atoms with Crippen LogP contribution in [0.4, 0.5) is 11.4 Å². The van der Waals surface area contributed by atoms with Crippen LogP contribution in [0.1, 0.15) is 29.0 Å². The summed E-state index contributed by atoms with van der Waals surface area (Å²) in [4.78, 5) is 11.7. The van der Waals surface area contributed by atoms with Gasteiger partial charge in [0.25, 0.3) is 5.69 Å². The molecule has 19 heavy (non-hydrogen) atoms. The summed E-state index contributed by atoms with van der Waals surface area (Å²) in [5.74, 6) is 0. The zero-order valence-corrected chi connectivity index (χ0v) is 12.0. The molecule has 5 heteroatoms. The van der Waals surface area contributed by atoms with Crippen molar-refractivity contribution in [3.63, 3.8) is 0 Å². The van der Waals surface area contributed by atoms with Gasteiger partial charge in [-0.05, 0) is 43.3 Å². The standard InChI is InChI=1S/C14H16N2O2S/c1-9-4-5-12(16(17)18)8-13(9)15-11(3)14-10(2)6-7-19-14/h4-8,11,15H,1-3H3. The van der Waals surface area contributed by atoms with Crippen LogP contribution in [0.25, 0.3) is 0 Å². The van der Waals surface area contributed by atoms with Gasteiger partial charge in [-0.25, -0.2) is 0 Å². The first kappa shape index (κ1) is 13.5. The van der Waals surface area contributed by atoms with Crippen molar-refractivity contribution in [3.05, 3.63) is 55.8 Å². The third-order valence-electron chi connectivity index (χ3n) is 3.10. The van der Waals surface area contributed by atoms with Gasteiger partial charge in [-0.3, -0.25) is 10.1 Å². The minimum absolute atomic E-state index is 0.114. The number of anilines is 1. The van der Waals surface area contributed by atoms with E-state index in [2.05, 4.69) is 30.6 Å². The summed E-state index contributed by atoms with van der Waals surface area (Å²) in [6.07, 6.45) is 0. The summed E-state index contributed by atoms with van der Waals surface area (Å²) in [6, 6.07) is 7.12. The number of nitro benzene ring substituents is 1. The first-order valence-electron chi connectivity index (χ1n) is 6.04. The van der Waals surface area contributed by atoms with Crippen LogP contribution in [-0.2, 0) is 0 Å². The van der Waals surface area contributed by atoms with E-state index in [1.807, 2.05) is 6.92 Å². The van der Waals surface area contributed by atoms with Crippen LogP contribution >= 0.6 is 11.3 Å². The lowest BCUT2D eigenvalue weighted by atomic mass is 10.1. The molecule has 1 aromatic carbocycles. The molecule has 0 aliphatic rings. The normalized spacial score (nSPS) is 12.2. The Bertz CT molecular complexity index is 607. The number of benzene rings is 1. The molecule has 100 valence electrons. The van der Waals surface area contributed by atoms with Crippen molar-refractivity contribution in [2.24, 2.45) is 0 Å². The molecule has 0 saturated carbocycles. The summed E-state index contributed by atoms with van der Waals surface area (Å²) >= 11 is 1.70. The summed E-state index contributed by atoms with van der Waals surface area (Å²) < 4.78 is 0. The van der Waals surface area contributed by atoms with Gasteiger partial charge < -0.3 is 5.32 Å². The average molecular weight is 276 g/mol. The van der Waals surface area contributed by atoms with E-state index in [0.717, 1.165) is 11.3 Å². The van der Waals surface area contributed by atoms with Crippen molar-refractivity contribution in [3.8, 4) is 0 Å². The molecule has 0 aliphatic carbocycles. The van der Waals surface area contributed by atoms with E-state index in [1.54, 1.807) is 23.5 Å². The molecule has 1 atom stereocenters. The number of thiophene rings is 1. The van der Waals surface area contributed by atoms with Gasteiger partial charge in [-0.2, -0.15) is 0 Å². The molecule has 2 rings (SSSR count). The lowest BCUT2D eigenvalue weighted by Gasteiger charge is -2.16. The van der Waals surface area contributed by atoms with Gasteiger partial charge in [0.05, 0.1) is 11.0 Å². The molecule has 4 nitrogen and oxygen atoms in total. The largest absolute Gasteiger partial charge is 0.377 e. The van der Waals surface area contributed by atoms with Crippen LogP contribution in [-0.4, -0.2) is 4.92 Å². The predicted octanol–water partition coefficient (Wildman–Crippen LogP) is 4.45. The molecule has 1 N–H and O–H groups in total. The summed E-state index contributed by atoms with van der Waals surface area (Å²) in [6.45, 7) is 6.08. The molecule has 0 spiro atoms. The minimum atomic E-state index is -0.369. The summed E-state index contributed by atoms with van der Waals surface area (Å²) in [5, 5.41) is 16.2. The SMILES string of the molecule is Cc1ccc([N+](=O)[O-])cc1NC(C)c1sccc1C. The van der Waals surface area contributed by atoms with E-state index < -0.39 is 0 Å². The van der Waals surface area contributed by atoms with E-state index in [0.29, 0.717) is 0 Å². The molecule has 0 saturated heterocycles. The van der Waals surface area contributed by atoms with E-state index >= 15 is 0 Å². The van der Waals surface area contributed by atoms with E-state index in [1.165, 1.54) is 16.5 Å². The molecule has 1 heterocycles. The van der Waals surface area contributed by atoms with Crippen molar-refractivity contribution >= 4 is 22.7 Å². The molecular formula is C14H16N2O2S. The van der Waals surface area contributed by atoms with E-state index in [9.17, 15) is 10.1 Å². The highest BCUT2D eigenvalue weighted by molar-refractivity contribution is 7.10. The van der Waals surface area contributed by atoms with E-state index in [-0.39, 0.29) is 16.7 Å². The maximum absolute atomic E-state index is 10.8. The number of hydrogen-bond acceptors (Lipinski definition) is 4. The molecule has 0 amide bonds. The molecule has 2 aromatic rings. The smallest absolute Gasteiger partial charge is 0.271 e. The van der Waals surface area contributed by atoms with Gasteiger partial charge in [0.15, 0.2) is 0 Å². The molecule has 0 bridgehead atoms. The molecule has 0 fully saturated rings. The van der Waals surface area contributed by atoms with Crippen LogP contribution in [0, 0.1) is 24.0 Å². The highest BCUT2D eigenvalue weighted by atomic mass is 32.1. The monoisotopic (exact) mass is 276 g/mol. The Morgan fingerprint density at radius 3 is 2.58 bits per heavy atom. The number of nitrogens with zero attached hydrogens (tertiary/aromatic N) is 1. The van der Waals surface area contributed by atoms with Crippen molar-refractivity contribution in [1.29, 1.82) is 0 Å². The molecular weight excluding hydrogens is 260 g/mol. The summed E-state index contributed by atoms with van der Waals surface area (Å²) in [7, 11) is 0. The fourth-order valence-corrected chi connectivity index (χ4v) is 2.94. The van der Waals surface area contributed by atoms with Gasteiger partial charge in [0.1, 0.15) is 0 Å². The Kier molecular flexibility index (Phi) is 3.85. The van der Waals surface area contributed by atoms with Crippen molar-refractivity contribution < 1.29 is 4.92 Å². The van der Waals surface area contributed by atoms with Gasteiger partial charge in [-0.1, -0.05) is 6.07 Å². The fraction of sp³-hybridized carbons (Fsp3) is 0.286. The fourth-order valence-electron chi connectivity index (χ4n) is 2.01. The number of aryl methyl sites for hydroxylation is 2. The van der Waals surface area contributed by atoms with Crippen LogP contribution in [0.15, 0.2) is 29.6 Å². The Morgan fingerprint density at radius 1 is 1.26 bits per heavy atom. The van der Waals surface area contributed by atoms with Gasteiger partial charge >= 0.3 is 0 Å². The Hall–Kier alpha value is -1.88. The number of nitro groups is 1. The first-order chi connectivity index (χ1) is 8.99. The molecule has 1 aromatic heterocycles. The lowest BCUT2D eigenvalue weighted by Crippen LogP contribution is -2.07. The van der Waals surface area contributed by atoms with Crippen molar-refractivity contribution in [1.82, 2.24) is 0 Å². The first-order valence-corrected chi connectivity index (χ1v) is 6.92. The maximum Gasteiger partial charge on any atom is 0.271 e. The van der Waals surface area contributed by atoms with Gasteiger partial charge in [0.2, 0.25) is 0 Å². The topological polar surface area (TPSA) is 55.2 Å². The number of rotatable bonds is 4. The zero-order chi connectivity index (χ0) is 14.0. The summed E-state index contributed by atoms with van der Waals surface area (Å²) in [5.41, 5.74) is 3.18. The molecule has 0 radical (unpaired) electrons. The number of nitrogens with one attached hydrogen (secondary N) is 1. The quantitative estimate of drug-likeness (QED) is 0.663. The van der Waals surface area contributed by atoms with Crippen LogP contribution in [0.3, 0.4) is 0 Å². The molecule has 0 aliphatic heterocycles. The minimum Gasteiger partial charge on any atom is -0.377 e. The second-order valence-corrected chi connectivity index (χ2v) is 5.54. The highest BCUT2D eigenvalue weighted by Gasteiger charge is 2.13. The lowest BCUT2D eigenvalue weighted by molar-refractivity contribution is -0.384. The zero-order valence-electron chi connectivity index (χ0n) is 11.1. The van der Waals surface area contributed by atoms with Crippen LogP contribution in [0.2, 0.25) is 0 Å². The second kappa shape index (κ2) is 5.40.